The lowest BCUT2D eigenvalue weighted by Crippen LogP contribution is -1.97. The van der Waals surface area contributed by atoms with Crippen molar-refractivity contribution in [2.24, 2.45) is 5.73 Å². The van der Waals surface area contributed by atoms with Crippen molar-refractivity contribution in [3.05, 3.63) is 0 Å². The molecule has 0 heterocycles. The second kappa shape index (κ2) is 16.8. The first-order valence-corrected chi connectivity index (χ1v) is 4.61. The average Bonchev–Trinajstić information content (AvgIpc) is 2.06. The molecule has 0 atom stereocenters. The number of carboxylic acid groups (broad SMARTS) is 1. The van der Waals surface area contributed by atoms with Crippen LogP contribution in [0.25, 0.3) is 0 Å². The number of nitrogens with two attached hydrogens (primary N) is 1. The molecule has 0 aromatic carbocycles. The lowest BCUT2D eigenvalue weighted by molar-refractivity contribution is -0.122. The third-order valence-electron chi connectivity index (χ3n) is 1.56. The van der Waals surface area contributed by atoms with E-state index >= 15 is 0 Å². The minimum atomic E-state index is -0.250. The van der Waals surface area contributed by atoms with Gasteiger partial charge in [0, 0.05) is 0 Å². The zero-order chi connectivity index (χ0) is 9.66. The van der Waals surface area contributed by atoms with Gasteiger partial charge in [-0.15, -0.1) is 0 Å². The van der Waals surface area contributed by atoms with E-state index in [0.717, 1.165) is 6.54 Å². The Balaban J connectivity index is 0. The molecule has 0 saturated carbocycles. The van der Waals surface area contributed by atoms with Gasteiger partial charge < -0.3 is 10.8 Å². The first-order valence-electron chi connectivity index (χ1n) is 4.61. The van der Waals surface area contributed by atoms with Crippen molar-refractivity contribution in [3.8, 4) is 0 Å². The minimum absolute atomic E-state index is 0.250. The van der Waals surface area contributed by atoms with Gasteiger partial charge in [0.1, 0.15) is 0 Å². The zero-order valence-electron chi connectivity index (χ0n) is 7.96. The van der Waals surface area contributed by atoms with E-state index in [1.807, 2.05) is 0 Å². The molecule has 0 aromatic rings. The smallest absolute Gasteiger partial charge is 0.290 e. The molecule has 0 unspecified atom stereocenters. The number of hydrogen-bond acceptors (Lipinski definition) is 2. The Morgan fingerprint density at radius 2 is 1.58 bits per heavy atom. The van der Waals surface area contributed by atoms with Gasteiger partial charge in [0.25, 0.3) is 6.47 Å². The summed E-state index contributed by atoms with van der Waals surface area (Å²) in [6, 6.07) is 0. The Kier molecular flexibility index (Phi) is 19.6. The quantitative estimate of drug-likeness (QED) is 0.479. The van der Waals surface area contributed by atoms with E-state index in [9.17, 15) is 0 Å². The van der Waals surface area contributed by atoms with Gasteiger partial charge in [-0.1, -0.05) is 39.0 Å². The molecule has 0 radical (unpaired) electrons. The first-order chi connectivity index (χ1) is 5.83. The van der Waals surface area contributed by atoms with Crippen LogP contribution in [0.5, 0.6) is 0 Å². The first kappa shape index (κ1) is 14.0. The van der Waals surface area contributed by atoms with Crippen LogP contribution < -0.4 is 5.73 Å². The predicted molar refractivity (Wildman–Crippen MR) is 51.1 cm³/mol. The Hall–Kier alpha value is -0.570. The second-order valence-electron chi connectivity index (χ2n) is 2.66. The summed E-state index contributed by atoms with van der Waals surface area (Å²) in [4.78, 5) is 8.36. The molecule has 0 aromatic heterocycles. The summed E-state index contributed by atoms with van der Waals surface area (Å²) in [7, 11) is 0. The third kappa shape index (κ3) is 22.7. The molecule has 0 aliphatic rings. The Morgan fingerprint density at radius 1 is 1.17 bits per heavy atom. The molecular formula is C9H21NO2. The average molecular weight is 175 g/mol. The largest absolute Gasteiger partial charge is 0.483 e. The third-order valence-corrected chi connectivity index (χ3v) is 1.56. The summed E-state index contributed by atoms with van der Waals surface area (Å²) < 4.78 is 0. The van der Waals surface area contributed by atoms with Gasteiger partial charge in [0.15, 0.2) is 0 Å². The van der Waals surface area contributed by atoms with Crippen molar-refractivity contribution < 1.29 is 9.90 Å². The lowest BCUT2D eigenvalue weighted by atomic mass is 10.1. The Labute approximate surface area is 75.0 Å². The molecule has 0 bridgehead atoms. The molecular weight excluding hydrogens is 154 g/mol. The van der Waals surface area contributed by atoms with Gasteiger partial charge in [-0.3, -0.25) is 4.79 Å². The highest BCUT2D eigenvalue weighted by Gasteiger charge is 1.85. The van der Waals surface area contributed by atoms with E-state index < -0.39 is 0 Å². The maximum Gasteiger partial charge on any atom is 0.290 e. The lowest BCUT2D eigenvalue weighted by Gasteiger charge is -1.96. The van der Waals surface area contributed by atoms with Crippen LogP contribution in [-0.4, -0.2) is 18.1 Å². The normalized spacial score (nSPS) is 8.50. The topological polar surface area (TPSA) is 63.3 Å². The van der Waals surface area contributed by atoms with Crippen LogP contribution in [0.15, 0.2) is 0 Å². The molecule has 3 nitrogen and oxygen atoms in total. The summed E-state index contributed by atoms with van der Waals surface area (Å²) in [6.07, 6.45) is 8.05. The summed E-state index contributed by atoms with van der Waals surface area (Å²) in [6.45, 7) is 2.86. The molecule has 0 saturated heterocycles. The molecule has 3 N–H and O–H groups in total. The van der Waals surface area contributed by atoms with Crippen LogP contribution in [-0.2, 0) is 4.79 Å². The number of unbranched alkanes of at least 4 members (excludes halogenated alkanes) is 5. The van der Waals surface area contributed by atoms with Crippen molar-refractivity contribution >= 4 is 6.47 Å². The maximum absolute atomic E-state index is 8.36. The van der Waals surface area contributed by atoms with Crippen LogP contribution >= 0.6 is 0 Å². The highest BCUT2D eigenvalue weighted by atomic mass is 16.3. The van der Waals surface area contributed by atoms with E-state index in [4.69, 9.17) is 15.6 Å². The monoisotopic (exact) mass is 175 g/mol. The predicted octanol–water partition coefficient (Wildman–Crippen LogP) is 2.01. The van der Waals surface area contributed by atoms with Gasteiger partial charge in [-0.05, 0) is 13.0 Å². The molecule has 0 amide bonds. The fourth-order valence-electron chi connectivity index (χ4n) is 0.925. The van der Waals surface area contributed by atoms with Crippen molar-refractivity contribution in [2.45, 2.75) is 45.4 Å². The molecule has 12 heavy (non-hydrogen) atoms. The van der Waals surface area contributed by atoms with Crippen molar-refractivity contribution in [1.29, 1.82) is 0 Å². The summed E-state index contributed by atoms with van der Waals surface area (Å²) in [5.74, 6) is 0. The molecule has 74 valence electrons. The van der Waals surface area contributed by atoms with Gasteiger partial charge in [-0.25, -0.2) is 0 Å². The fraction of sp³-hybridized carbons (Fsp3) is 0.889. The van der Waals surface area contributed by atoms with Crippen LogP contribution in [0.4, 0.5) is 0 Å². The van der Waals surface area contributed by atoms with Gasteiger partial charge in [0.05, 0.1) is 0 Å². The van der Waals surface area contributed by atoms with E-state index in [1.54, 1.807) is 0 Å². The molecule has 3 heteroatoms. The standard InChI is InChI=1S/C8H19N.CH2O2/c1-2-3-4-5-6-7-8-9;2-1-3/h2-9H2,1H3;1H,(H,2,3). The van der Waals surface area contributed by atoms with Crippen LogP contribution in [0.2, 0.25) is 0 Å². The SMILES string of the molecule is CCCCCCCCN.O=CO. The zero-order valence-corrected chi connectivity index (χ0v) is 7.96. The molecule has 0 aliphatic heterocycles. The summed E-state index contributed by atoms with van der Waals surface area (Å²) in [5.41, 5.74) is 5.34. The second-order valence-corrected chi connectivity index (χ2v) is 2.66. The van der Waals surface area contributed by atoms with Crippen LogP contribution in [0, 0.1) is 0 Å². The van der Waals surface area contributed by atoms with Gasteiger partial charge >= 0.3 is 0 Å². The number of rotatable bonds is 6. The van der Waals surface area contributed by atoms with Crippen LogP contribution in [0.3, 0.4) is 0 Å². The van der Waals surface area contributed by atoms with Crippen molar-refractivity contribution in [1.82, 2.24) is 0 Å². The van der Waals surface area contributed by atoms with E-state index in [1.165, 1.54) is 38.5 Å². The highest BCUT2D eigenvalue weighted by molar-refractivity contribution is 5.32. The van der Waals surface area contributed by atoms with E-state index in [0.29, 0.717) is 0 Å². The van der Waals surface area contributed by atoms with Crippen molar-refractivity contribution in [2.75, 3.05) is 6.54 Å². The Morgan fingerprint density at radius 3 is 2.00 bits per heavy atom. The van der Waals surface area contributed by atoms with Crippen molar-refractivity contribution in [3.63, 3.8) is 0 Å². The Bertz CT molecular complexity index is 70.9. The molecule has 0 aliphatic carbocycles. The molecule has 0 spiro atoms. The van der Waals surface area contributed by atoms with Gasteiger partial charge in [0.2, 0.25) is 0 Å². The number of hydrogen-bond donors (Lipinski definition) is 2. The summed E-state index contributed by atoms with van der Waals surface area (Å²) in [5, 5.41) is 6.89. The molecule has 0 fully saturated rings. The van der Waals surface area contributed by atoms with E-state index in [2.05, 4.69) is 6.92 Å². The van der Waals surface area contributed by atoms with Crippen LogP contribution in [0.1, 0.15) is 45.4 Å². The summed E-state index contributed by atoms with van der Waals surface area (Å²) >= 11 is 0. The maximum atomic E-state index is 8.36. The number of carbonyl (C=O) groups is 1. The fourth-order valence-corrected chi connectivity index (χ4v) is 0.925. The van der Waals surface area contributed by atoms with Gasteiger partial charge in [-0.2, -0.15) is 0 Å². The molecule has 0 rings (SSSR count). The minimum Gasteiger partial charge on any atom is -0.483 e. The highest BCUT2D eigenvalue weighted by Crippen LogP contribution is 2.03. The van der Waals surface area contributed by atoms with E-state index in [-0.39, 0.29) is 6.47 Å².